The summed E-state index contributed by atoms with van der Waals surface area (Å²) in [5.41, 5.74) is 5.66. The summed E-state index contributed by atoms with van der Waals surface area (Å²) in [4.78, 5) is 34.0. The Hall–Kier alpha value is -1.99. The van der Waals surface area contributed by atoms with E-state index in [4.69, 9.17) is 33.7 Å². The Kier molecular flexibility index (Phi) is 9.83. The molecule has 3 amide bonds. The molecule has 0 unspecified atom stereocenters. The molecule has 0 heterocycles. The van der Waals surface area contributed by atoms with Gasteiger partial charge < -0.3 is 21.1 Å². The average Bonchev–Trinajstić information content (AvgIpc) is 2.55. The van der Waals surface area contributed by atoms with E-state index in [2.05, 4.69) is 10.6 Å². The number of urea groups is 1. The molecule has 1 aromatic carbocycles. The second kappa shape index (κ2) is 11.6. The third kappa shape index (κ3) is 8.92. The van der Waals surface area contributed by atoms with Crippen LogP contribution in [0.1, 0.15) is 44.2 Å². The van der Waals surface area contributed by atoms with Crippen LogP contribution in [0.3, 0.4) is 0 Å². The second-order valence-electron chi connectivity index (χ2n) is 5.72. The number of carbonyl (C=O) groups is 3. The fraction of sp³-hybridized carbons (Fsp3) is 0.471. The number of esters is 1. The normalized spacial score (nSPS) is 11.5. The molecule has 0 saturated heterocycles. The van der Waals surface area contributed by atoms with E-state index in [1.165, 1.54) is 0 Å². The molecule has 9 heteroatoms. The van der Waals surface area contributed by atoms with Crippen molar-refractivity contribution in [1.82, 2.24) is 10.6 Å². The molecular weight excluding hydrogens is 381 g/mol. The van der Waals surface area contributed by atoms with Crippen molar-refractivity contribution in [2.45, 2.75) is 38.6 Å². The zero-order valence-corrected chi connectivity index (χ0v) is 16.0. The number of halogens is 2. The first-order chi connectivity index (χ1) is 12.3. The lowest BCUT2D eigenvalue weighted by molar-refractivity contribution is -0.148. The van der Waals surface area contributed by atoms with Crippen molar-refractivity contribution in [2.75, 3.05) is 13.2 Å². The number of unbranched alkanes of at least 4 members (excludes halogenated alkanes) is 2. The first-order valence-electron chi connectivity index (χ1n) is 8.23. The molecule has 0 saturated carbocycles. The Balaban J connectivity index is 2.22. The molecule has 0 aromatic heterocycles. The van der Waals surface area contributed by atoms with Crippen LogP contribution in [-0.4, -0.2) is 31.1 Å². The van der Waals surface area contributed by atoms with Crippen molar-refractivity contribution in [3.8, 4) is 0 Å². The van der Waals surface area contributed by atoms with E-state index < -0.39 is 17.9 Å². The van der Waals surface area contributed by atoms with Gasteiger partial charge in [0.25, 0.3) is 5.91 Å². The van der Waals surface area contributed by atoms with Crippen LogP contribution in [0.2, 0.25) is 10.0 Å². The highest BCUT2D eigenvalue weighted by Gasteiger charge is 2.14. The van der Waals surface area contributed by atoms with E-state index in [0.29, 0.717) is 23.0 Å². The number of carbonyl (C=O) groups excluding carboxylic acids is 3. The smallest absolute Gasteiger partial charge is 0.312 e. The highest BCUT2D eigenvalue weighted by Crippen LogP contribution is 2.25. The molecule has 26 heavy (non-hydrogen) atoms. The lowest BCUT2D eigenvalue weighted by Crippen LogP contribution is -2.31. The number of hydrogen-bond acceptors (Lipinski definition) is 4. The molecule has 0 fully saturated rings. The van der Waals surface area contributed by atoms with Crippen molar-refractivity contribution in [3.63, 3.8) is 0 Å². The minimum absolute atomic E-state index is 0.211. The maximum absolute atomic E-state index is 11.9. The molecular formula is C17H23Cl2N3O4. The molecule has 1 rings (SSSR count). The number of hydrogen-bond donors (Lipinski definition) is 3. The zero-order valence-electron chi connectivity index (χ0n) is 14.5. The molecule has 1 aromatic rings. The van der Waals surface area contributed by atoms with E-state index >= 15 is 0 Å². The van der Waals surface area contributed by atoms with Gasteiger partial charge in [0, 0.05) is 23.0 Å². The van der Waals surface area contributed by atoms with Crippen LogP contribution in [0.5, 0.6) is 0 Å². The van der Waals surface area contributed by atoms with Crippen LogP contribution in [0.15, 0.2) is 18.2 Å². The minimum atomic E-state index is -0.565. The van der Waals surface area contributed by atoms with Crippen LogP contribution in [0, 0.1) is 0 Å². The Bertz CT molecular complexity index is 640. The molecule has 4 N–H and O–H groups in total. The SMILES string of the molecule is C[C@@H](NC(=O)COC(=O)CCCCCNC(N)=O)c1ccc(Cl)cc1Cl. The van der Waals surface area contributed by atoms with Gasteiger partial charge in [0.05, 0.1) is 6.04 Å². The van der Waals surface area contributed by atoms with E-state index in [-0.39, 0.29) is 19.1 Å². The van der Waals surface area contributed by atoms with E-state index in [1.807, 2.05) is 0 Å². The highest BCUT2D eigenvalue weighted by molar-refractivity contribution is 6.35. The maximum Gasteiger partial charge on any atom is 0.312 e. The first-order valence-corrected chi connectivity index (χ1v) is 8.98. The van der Waals surface area contributed by atoms with Gasteiger partial charge >= 0.3 is 12.0 Å². The highest BCUT2D eigenvalue weighted by atomic mass is 35.5. The minimum Gasteiger partial charge on any atom is -0.456 e. The number of ether oxygens (including phenoxy) is 1. The Morgan fingerprint density at radius 1 is 1.19 bits per heavy atom. The molecule has 0 aliphatic carbocycles. The number of amides is 3. The van der Waals surface area contributed by atoms with Gasteiger partial charge in [-0.05, 0) is 37.5 Å². The molecule has 1 atom stereocenters. The van der Waals surface area contributed by atoms with Gasteiger partial charge in [0.1, 0.15) is 0 Å². The van der Waals surface area contributed by atoms with Crippen LogP contribution in [-0.2, 0) is 14.3 Å². The second-order valence-corrected chi connectivity index (χ2v) is 6.56. The van der Waals surface area contributed by atoms with Gasteiger partial charge in [-0.3, -0.25) is 9.59 Å². The molecule has 144 valence electrons. The summed E-state index contributed by atoms with van der Waals surface area (Å²) in [6.07, 6.45) is 2.28. The molecule has 0 aliphatic heterocycles. The lowest BCUT2D eigenvalue weighted by atomic mass is 10.1. The topological polar surface area (TPSA) is 111 Å². The van der Waals surface area contributed by atoms with Gasteiger partial charge in [-0.15, -0.1) is 0 Å². The van der Waals surface area contributed by atoms with Crippen molar-refractivity contribution in [1.29, 1.82) is 0 Å². The summed E-state index contributed by atoms with van der Waals surface area (Å²) in [5, 5.41) is 6.14. The standard InChI is InChI=1S/C17H23Cl2N3O4/c1-11(13-7-6-12(18)9-14(13)19)22-15(23)10-26-16(24)5-3-2-4-8-21-17(20)25/h6-7,9,11H,2-5,8,10H2,1H3,(H,22,23)(H3,20,21,25)/t11-/m1/s1. The van der Waals surface area contributed by atoms with Crippen LogP contribution < -0.4 is 16.4 Å². The van der Waals surface area contributed by atoms with Gasteiger partial charge in [0.2, 0.25) is 0 Å². The predicted octanol–water partition coefficient (Wildman–Crippen LogP) is 2.94. The number of primary amides is 1. The first kappa shape index (κ1) is 22.1. The summed E-state index contributed by atoms with van der Waals surface area (Å²) in [7, 11) is 0. The van der Waals surface area contributed by atoms with E-state index in [1.54, 1.807) is 25.1 Å². The number of rotatable bonds is 10. The van der Waals surface area contributed by atoms with Crippen molar-refractivity contribution < 1.29 is 19.1 Å². The summed E-state index contributed by atoms with van der Waals surface area (Å²) >= 11 is 11.9. The van der Waals surface area contributed by atoms with Crippen molar-refractivity contribution in [3.05, 3.63) is 33.8 Å². The fourth-order valence-corrected chi connectivity index (χ4v) is 2.79. The number of nitrogens with two attached hydrogens (primary N) is 1. The molecule has 0 bridgehead atoms. The summed E-state index contributed by atoms with van der Waals surface area (Å²) in [5.74, 6) is -0.859. The summed E-state index contributed by atoms with van der Waals surface area (Å²) in [6.45, 7) is 1.89. The molecule has 0 spiro atoms. The van der Waals surface area contributed by atoms with Gasteiger partial charge in [-0.1, -0.05) is 35.7 Å². The fourth-order valence-electron chi connectivity index (χ4n) is 2.21. The predicted molar refractivity (Wildman–Crippen MR) is 100 cm³/mol. The summed E-state index contributed by atoms with van der Waals surface area (Å²) in [6, 6.07) is 4.10. The van der Waals surface area contributed by atoms with Crippen molar-refractivity contribution in [2.24, 2.45) is 5.73 Å². The maximum atomic E-state index is 11.9. The number of nitrogens with one attached hydrogen (secondary N) is 2. The zero-order chi connectivity index (χ0) is 19.5. The van der Waals surface area contributed by atoms with Crippen LogP contribution in [0.4, 0.5) is 4.79 Å². The Morgan fingerprint density at radius 2 is 1.92 bits per heavy atom. The van der Waals surface area contributed by atoms with E-state index in [0.717, 1.165) is 18.4 Å². The molecule has 7 nitrogen and oxygen atoms in total. The van der Waals surface area contributed by atoms with Gasteiger partial charge in [-0.25, -0.2) is 4.79 Å². The number of benzene rings is 1. The van der Waals surface area contributed by atoms with Gasteiger partial charge in [0.15, 0.2) is 6.61 Å². The van der Waals surface area contributed by atoms with E-state index in [9.17, 15) is 14.4 Å². The third-order valence-electron chi connectivity index (χ3n) is 3.53. The quantitative estimate of drug-likeness (QED) is 0.411. The van der Waals surface area contributed by atoms with Crippen molar-refractivity contribution >= 4 is 41.1 Å². The summed E-state index contributed by atoms with van der Waals surface area (Å²) < 4.78 is 4.94. The Labute approximate surface area is 162 Å². The third-order valence-corrected chi connectivity index (χ3v) is 4.09. The monoisotopic (exact) mass is 403 g/mol. The van der Waals surface area contributed by atoms with Gasteiger partial charge in [-0.2, -0.15) is 0 Å². The van der Waals surface area contributed by atoms with Crippen LogP contribution >= 0.6 is 23.2 Å². The molecule has 0 aliphatic rings. The van der Waals surface area contributed by atoms with Crippen LogP contribution in [0.25, 0.3) is 0 Å². The Morgan fingerprint density at radius 3 is 2.58 bits per heavy atom. The largest absolute Gasteiger partial charge is 0.456 e. The molecule has 0 radical (unpaired) electrons. The average molecular weight is 404 g/mol. The lowest BCUT2D eigenvalue weighted by Gasteiger charge is -2.16.